The summed E-state index contributed by atoms with van der Waals surface area (Å²) in [6.45, 7) is 3.87. The second kappa shape index (κ2) is 8.89. The van der Waals surface area contributed by atoms with Crippen LogP contribution in [0.2, 0.25) is 0 Å². The molecule has 4 aromatic heterocycles. The van der Waals surface area contributed by atoms with Gasteiger partial charge in [0.2, 0.25) is 0 Å². The summed E-state index contributed by atoms with van der Waals surface area (Å²) in [5, 5.41) is 11.4. The van der Waals surface area contributed by atoms with Gasteiger partial charge in [0.05, 0.1) is 23.5 Å². The lowest BCUT2D eigenvalue weighted by Crippen LogP contribution is -2.35. The second-order valence-corrected chi connectivity index (χ2v) is 9.01. The minimum atomic E-state index is -0.373. The summed E-state index contributed by atoms with van der Waals surface area (Å²) in [5.74, 6) is 0.917. The highest BCUT2D eigenvalue weighted by molar-refractivity contribution is 6.06. The van der Waals surface area contributed by atoms with Gasteiger partial charge in [-0.25, -0.2) is 9.37 Å². The monoisotopic (exact) mass is 461 g/mol. The maximum absolute atomic E-state index is 13.5. The largest absolute Gasteiger partial charge is 0.362 e. The van der Waals surface area contributed by atoms with E-state index in [0.717, 1.165) is 36.8 Å². The lowest BCUT2D eigenvalue weighted by Gasteiger charge is -2.24. The Bertz CT molecular complexity index is 1320. The molecular weight excluding hydrogens is 433 g/mol. The Labute approximate surface area is 197 Å². The van der Waals surface area contributed by atoms with E-state index in [2.05, 4.69) is 20.5 Å². The van der Waals surface area contributed by atoms with Crippen LogP contribution in [0.5, 0.6) is 0 Å². The molecule has 9 heteroatoms. The van der Waals surface area contributed by atoms with E-state index in [4.69, 9.17) is 4.98 Å². The predicted molar refractivity (Wildman–Crippen MR) is 129 cm³/mol. The van der Waals surface area contributed by atoms with Gasteiger partial charge in [-0.05, 0) is 51.0 Å². The molecule has 1 amide bonds. The van der Waals surface area contributed by atoms with Gasteiger partial charge in [0.15, 0.2) is 5.82 Å². The first-order valence-corrected chi connectivity index (χ1v) is 11.6. The number of carbonyl (C=O) groups is 1. The van der Waals surface area contributed by atoms with E-state index in [1.165, 1.54) is 12.3 Å². The summed E-state index contributed by atoms with van der Waals surface area (Å²) >= 11 is 0. The van der Waals surface area contributed by atoms with Crippen molar-refractivity contribution < 1.29 is 9.18 Å². The van der Waals surface area contributed by atoms with Crippen molar-refractivity contribution in [3.63, 3.8) is 0 Å². The maximum Gasteiger partial charge on any atom is 0.256 e. The fourth-order valence-electron chi connectivity index (χ4n) is 4.64. The Kier molecular flexibility index (Phi) is 5.77. The number of halogens is 1. The number of aryl methyl sites for hydroxylation is 1. The molecule has 0 bridgehead atoms. The number of hydrogen-bond acceptors (Lipinski definition) is 5. The second-order valence-electron chi connectivity index (χ2n) is 9.01. The van der Waals surface area contributed by atoms with Crippen molar-refractivity contribution in [1.82, 2.24) is 29.6 Å². The van der Waals surface area contributed by atoms with Gasteiger partial charge in [-0.15, -0.1) is 0 Å². The van der Waals surface area contributed by atoms with Gasteiger partial charge < -0.3 is 10.2 Å². The third kappa shape index (κ3) is 4.13. The van der Waals surface area contributed by atoms with Crippen molar-refractivity contribution in [2.45, 2.75) is 51.6 Å². The standard InChI is InChI=1S/C25H28FN7O/c1-15-12-23(31-30-15)33-14-20(25(34)32(3)18-6-4-5-7-18)19-9-11-22(29-24(19)33)28-16(2)21-10-8-17(26)13-27-21/h8-14,16,18H,4-7H2,1-3H3,(H,28,29)(H,30,31)/t16-/m0/s1. The summed E-state index contributed by atoms with van der Waals surface area (Å²) in [4.78, 5) is 24.3. The molecule has 1 atom stereocenters. The lowest BCUT2D eigenvalue weighted by atomic mass is 10.1. The summed E-state index contributed by atoms with van der Waals surface area (Å²) < 4.78 is 15.1. The number of nitrogens with zero attached hydrogens (tertiary/aromatic N) is 5. The van der Waals surface area contributed by atoms with Crippen LogP contribution in [-0.2, 0) is 0 Å². The molecule has 0 unspecified atom stereocenters. The van der Waals surface area contributed by atoms with Gasteiger partial charge >= 0.3 is 0 Å². The molecule has 8 nitrogen and oxygen atoms in total. The summed E-state index contributed by atoms with van der Waals surface area (Å²) in [7, 11) is 1.89. The van der Waals surface area contributed by atoms with Gasteiger partial charge in [-0.1, -0.05) is 12.8 Å². The van der Waals surface area contributed by atoms with Crippen LogP contribution in [-0.4, -0.2) is 48.6 Å². The lowest BCUT2D eigenvalue weighted by molar-refractivity contribution is 0.0737. The quantitative estimate of drug-likeness (QED) is 0.431. The zero-order valence-corrected chi connectivity index (χ0v) is 19.5. The molecule has 0 aromatic carbocycles. The van der Waals surface area contributed by atoms with E-state index in [9.17, 15) is 9.18 Å². The van der Waals surface area contributed by atoms with Crippen molar-refractivity contribution in [2.24, 2.45) is 0 Å². The molecule has 5 rings (SSSR count). The smallest absolute Gasteiger partial charge is 0.256 e. The fraction of sp³-hybridized carbons (Fsp3) is 0.360. The van der Waals surface area contributed by atoms with Crippen LogP contribution in [0.1, 0.15) is 60.4 Å². The highest BCUT2D eigenvalue weighted by atomic mass is 19.1. The van der Waals surface area contributed by atoms with Crippen LogP contribution < -0.4 is 5.32 Å². The number of aromatic nitrogens is 5. The van der Waals surface area contributed by atoms with Crippen molar-refractivity contribution in [1.29, 1.82) is 0 Å². The molecule has 0 radical (unpaired) electrons. The number of anilines is 1. The molecule has 34 heavy (non-hydrogen) atoms. The van der Waals surface area contributed by atoms with Crippen LogP contribution in [0, 0.1) is 12.7 Å². The minimum Gasteiger partial charge on any atom is -0.362 e. The first kappa shape index (κ1) is 22.1. The number of aromatic amines is 1. The van der Waals surface area contributed by atoms with Crippen LogP contribution in [0.25, 0.3) is 16.9 Å². The van der Waals surface area contributed by atoms with Gasteiger partial charge in [-0.2, -0.15) is 5.10 Å². The average Bonchev–Trinajstić information content (AvgIpc) is 3.58. The zero-order chi connectivity index (χ0) is 23.8. The predicted octanol–water partition coefficient (Wildman–Crippen LogP) is 4.78. The van der Waals surface area contributed by atoms with Crippen molar-refractivity contribution in [3.05, 3.63) is 65.5 Å². The normalized spacial score (nSPS) is 15.1. The van der Waals surface area contributed by atoms with Crippen molar-refractivity contribution in [3.8, 4) is 5.82 Å². The van der Waals surface area contributed by atoms with E-state index in [-0.39, 0.29) is 23.8 Å². The van der Waals surface area contributed by atoms with Crippen LogP contribution in [0.4, 0.5) is 10.2 Å². The van der Waals surface area contributed by atoms with E-state index < -0.39 is 0 Å². The Morgan fingerprint density at radius 3 is 2.74 bits per heavy atom. The molecule has 1 aliphatic rings. The van der Waals surface area contributed by atoms with Gasteiger partial charge in [0.1, 0.15) is 17.3 Å². The van der Waals surface area contributed by atoms with E-state index >= 15 is 0 Å². The number of H-pyrrole nitrogens is 1. The van der Waals surface area contributed by atoms with Crippen molar-refractivity contribution in [2.75, 3.05) is 12.4 Å². The Morgan fingerprint density at radius 2 is 2.06 bits per heavy atom. The third-order valence-corrected chi connectivity index (χ3v) is 6.57. The van der Waals surface area contributed by atoms with E-state index in [1.807, 2.05) is 54.8 Å². The number of rotatable bonds is 6. The van der Waals surface area contributed by atoms with Gasteiger partial charge in [-0.3, -0.25) is 19.4 Å². The zero-order valence-electron chi connectivity index (χ0n) is 19.5. The molecule has 1 fully saturated rings. The Balaban J connectivity index is 1.52. The van der Waals surface area contributed by atoms with Crippen molar-refractivity contribution >= 4 is 22.8 Å². The molecule has 2 N–H and O–H groups in total. The first-order chi connectivity index (χ1) is 16.4. The number of carbonyl (C=O) groups excluding carboxylic acids is 1. The average molecular weight is 462 g/mol. The molecule has 4 aromatic rings. The minimum absolute atomic E-state index is 0.00528. The number of pyridine rings is 2. The molecule has 1 saturated carbocycles. The highest BCUT2D eigenvalue weighted by Crippen LogP contribution is 2.29. The number of amides is 1. The molecule has 176 valence electrons. The molecule has 4 heterocycles. The maximum atomic E-state index is 13.5. The van der Waals surface area contributed by atoms with Gasteiger partial charge in [0, 0.05) is 36.4 Å². The summed E-state index contributed by atoms with van der Waals surface area (Å²) in [5.41, 5.74) is 2.87. The van der Waals surface area contributed by atoms with Gasteiger partial charge in [0.25, 0.3) is 5.91 Å². The fourth-order valence-corrected chi connectivity index (χ4v) is 4.64. The molecule has 0 aliphatic heterocycles. The summed E-state index contributed by atoms with van der Waals surface area (Å²) in [6, 6.07) is 8.82. The molecule has 0 spiro atoms. The van der Waals surface area contributed by atoms with Crippen LogP contribution >= 0.6 is 0 Å². The van der Waals surface area contributed by atoms with E-state index in [1.54, 1.807) is 6.07 Å². The third-order valence-electron chi connectivity index (χ3n) is 6.57. The highest BCUT2D eigenvalue weighted by Gasteiger charge is 2.27. The Morgan fingerprint density at radius 1 is 1.26 bits per heavy atom. The Hall–Kier alpha value is -3.75. The van der Waals surface area contributed by atoms with Crippen LogP contribution in [0.15, 0.2) is 42.7 Å². The van der Waals surface area contributed by atoms with Crippen LogP contribution in [0.3, 0.4) is 0 Å². The number of fused-ring (bicyclic) bond motifs is 1. The SMILES string of the molecule is Cc1cc(-n2cc(C(=O)N(C)C3CCCC3)c3ccc(N[C@@H](C)c4ccc(F)cn4)nc32)n[nH]1. The molecular formula is C25H28FN7O. The topological polar surface area (TPSA) is 91.7 Å². The summed E-state index contributed by atoms with van der Waals surface area (Å²) in [6.07, 6.45) is 7.44. The van der Waals surface area contributed by atoms with E-state index in [0.29, 0.717) is 28.5 Å². The number of hydrogen-bond donors (Lipinski definition) is 2. The first-order valence-electron chi connectivity index (χ1n) is 11.6. The number of nitrogens with one attached hydrogen (secondary N) is 2. The molecule has 1 aliphatic carbocycles. The molecule has 0 saturated heterocycles.